The van der Waals surface area contributed by atoms with Crippen molar-refractivity contribution < 1.29 is 4.74 Å². The van der Waals surface area contributed by atoms with Crippen LogP contribution in [0.5, 0.6) is 5.75 Å². The van der Waals surface area contributed by atoms with Gasteiger partial charge in [-0.2, -0.15) is 5.26 Å². The molecule has 0 bridgehead atoms. The molecule has 0 spiro atoms. The van der Waals surface area contributed by atoms with Gasteiger partial charge in [-0.1, -0.05) is 17.7 Å². The highest BCUT2D eigenvalue weighted by Crippen LogP contribution is 2.27. The van der Waals surface area contributed by atoms with E-state index in [1.165, 1.54) is 0 Å². The summed E-state index contributed by atoms with van der Waals surface area (Å²) in [6.45, 7) is 0.347. The van der Waals surface area contributed by atoms with Gasteiger partial charge in [0.1, 0.15) is 12.7 Å². The van der Waals surface area contributed by atoms with Gasteiger partial charge in [0.05, 0.1) is 16.5 Å². The standard InChI is InChI=1S/C9H7Cl2NO/c10-4-5-13-9-7(6-12)2-1-3-8(9)11/h1-3H,4-5H2. The van der Waals surface area contributed by atoms with Crippen molar-refractivity contribution in [1.29, 1.82) is 5.26 Å². The smallest absolute Gasteiger partial charge is 0.155 e. The van der Waals surface area contributed by atoms with Crippen molar-refractivity contribution in [1.82, 2.24) is 0 Å². The first-order chi connectivity index (χ1) is 6.29. The van der Waals surface area contributed by atoms with Gasteiger partial charge in [-0.05, 0) is 12.1 Å². The first-order valence-corrected chi connectivity index (χ1v) is 4.58. The Balaban J connectivity index is 2.95. The van der Waals surface area contributed by atoms with Gasteiger partial charge in [0.2, 0.25) is 0 Å². The second-order valence-electron chi connectivity index (χ2n) is 2.27. The molecule has 1 aromatic rings. The van der Waals surface area contributed by atoms with Crippen LogP contribution in [0.15, 0.2) is 18.2 Å². The van der Waals surface area contributed by atoms with Gasteiger partial charge in [0, 0.05) is 0 Å². The normalized spacial score (nSPS) is 9.31. The summed E-state index contributed by atoms with van der Waals surface area (Å²) in [6, 6.07) is 7.02. The molecule has 0 heterocycles. The minimum atomic E-state index is 0.347. The molecule has 0 saturated carbocycles. The number of alkyl halides is 1. The van der Waals surface area contributed by atoms with E-state index >= 15 is 0 Å². The van der Waals surface area contributed by atoms with E-state index in [1.54, 1.807) is 18.2 Å². The minimum absolute atomic E-state index is 0.347. The zero-order chi connectivity index (χ0) is 9.68. The van der Waals surface area contributed by atoms with Gasteiger partial charge in [-0.3, -0.25) is 0 Å². The molecular formula is C9H7Cl2NO. The Hall–Kier alpha value is -0.910. The Morgan fingerprint density at radius 1 is 1.46 bits per heavy atom. The van der Waals surface area contributed by atoms with Crippen LogP contribution in [-0.2, 0) is 0 Å². The van der Waals surface area contributed by atoms with Gasteiger partial charge in [-0.15, -0.1) is 11.6 Å². The first-order valence-electron chi connectivity index (χ1n) is 3.67. The predicted molar refractivity (Wildman–Crippen MR) is 52.4 cm³/mol. The number of nitriles is 1. The highest BCUT2D eigenvalue weighted by molar-refractivity contribution is 6.32. The van der Waals surface area contributed by atoms with Crippen LogP contribution in [0, 0.1) is 11.3 Å². The Bertz CT molecular complexity index is 333. The summed E-state index contributed by atoms with van der Waals surface area (Å²) in [6.07, 6.45) is 0. The van der Waals surface area contributed by atoms with E-state index in [-0.39, 0.29) is 0 Å². The third-order valence-corrected chi connectivity index (χ3v) is 1.86. The van der Waals surface area contributed by atoms with E-state index in [4.69, 9.17) is 33.2 Å². The van der Waals surface area contributed by atoms with E-state index in [2.05, 4.69) is 0 Å². The molecule has 1 aromatic carbocycles. The topological polar surface area (TPSA) is 33.0 Å². The third-order valence-electron chi connectivity index (χ3n) is 1.41. The molecule has 0 N–H and O–H groups in total. The molecule has 0 aliphatic heterocycles. The summed E-state index contributed by atoms with van der Waals surface area (Å²) >= 11 is 11.3. The average Bonchev–Trinajstić information content (AvgIpc) is 2.15. The SMILES string of the molecule is N#Cc1cccc(Cl)c1OCCCl. The van der Waals surface area contributed by atoms with Gasteiger partial charge in [-0.25, -0.2) is 0 Å². The predicted octanol–water partition coefficient (Wildman–Crippen LogP) is 2.83. The Morgan fingerprint density at radius 2 is 2.23 bits per heavy atom. The maximum absolute atomic E-state index is 8.72. The fourth-order valence-electron chi connectivity index (χ4n) is 0.884. The quantitative estimate of drug-likeness (QED) is 0.727. The van der Waals surface area contributed by atoms with Crippen molar-refractivity contribution >= 4 is 23.2 Å². The van der Waals surface area contributed by atoms with Crippen molar-refractivity contribution in [3.05, 3.63) is 28.8 Å². The molecular weight excluding hydrogens is 209 g/mol. The van der Waals surface area contributed by atoms with Crippen LogP contribution >= 0.6 is 23.2 Å². The number of rotatable bonds is 3. The van der Waals surface area contributed by atoms with Crippen LogP contribution in [0.25, 0.3) is 0 Å². The number of hydrogen-bond acceptors (Lipinski definition) is 2. The van der Waals surface area contributed by atoms with Crippen molar-refractivity contribution in [3.8, 4) is 11.8 Å². The fourth-order valence-corrected chi connectivity index (χ4v) is 1.19. The van der Waals surface area contributed by atoms with E-state index in [1.807, 2.05) is 6.07 Å². The number of para-hydroxylation sites is 1. The molecule has 1 rings (SSSR count). The van der Waals surface area contributed by atoms with Crippen LogP contribution in [0.2, 0.25) is 5.02 Å². The molecule has 0 unspecified atom stereocenters. The number of ether oxygens (including phenoxy) is 1. The summed E-state index contributed by atoms with van der Waals surface area (Å²) in [5.74, 6) is 0.781. The maximum Gasteiger partial charge on any atom is 0.155 e. The van der Waals surface area contributed by atoms with Gasteiger partial charge < -0.3 is 4.74 Å². The highest BCUT2D eigenvalue weighted by atomic mass is 35.5. The Morgan fingerprint density at radius 3 is 2.85 bits per heavy atom. The maximum atomic E-state index is 8.72. The first kappa shape index (κ1) is 10.2. The lowest BCUT2D eigenvalue weighted by Crippen LogP contribution is -2.00. The monoisotopic (exact) mass is 215 g/mol. The fraction of sp³-hybridized carbons (Fsp3) is 0.222. The summed E-state index contributed by atoms with van der Waals surface area (Å²) in [7, 11) is 0. The molecule has 0 aromatic heterocycles. The van der Waals surface area contributed by atoms with Crippen LogP contribution in [0.3, 0.4) is 0 Å². The molecule has 0 fully saturated rings. The number of benzene rings is 1. The number of nitrogens with zero attached hydrogens (tertiary/aromatic N) is 1. The van der Waals surface area contributed by atoms with Crippen molar-refractivity contribution in [2.75, 3.05) is 12.5 Å². The summed E-state index contributed by atoms with van der Waals surface area (Å²) < 4.78 is 5.22. The van der Waals surface area contributed by atoms with Crippen molar-refractivity contribution in [3.63, 3.8) is 0 Å². The van der Waals surface area contributed by atoms with E-state index in [9.17, 15) is 0 Å². The summed E-state index contributed by atoms with van der Waals surface area (Å²) in [5.41, 5.74) is 0.428. The Labute approximate surface area is 86.6 Å². The van der Waals surface area contributed by atoms with E-state index < -0.39 is 0 Å². The number of hydrogen-bond donors (Lipinski definition) is 0. The molecule has 0 aliphatic rings. The zero-order valence-corrected chi connectivity index (χ0v) is 8.27. The highest BCUT2D eigenvalue weighted by Gasteiger charge is 2.06. The Kier molecular flexibility index (Phi) is 3.88. The lowest BCUT2D eigenvalue weighted by molar-refractivity contribution is 0.342. The summed E-state index contributed by atoms with van der Waals surface area (Å²) in [5, 5.41) is 9.15. The lowest BCUT2D eigenvalue weighted by Gasteiger charge is -2.06. The molecule has 0 radical (unpaired) electrons. The molecule has 0 amide bonds. The van der Waals surface area contributed by atoms with Crippen molar-refractivity contribution in [2.24, 2.45) is 0 Å². The number of halogens is 2. The van der Waals surface area contributed by atoms with E-state index in [0.717, 1.165) is 0 Å². The third kappa shape index (κ3) is 2.51. The van der Waals surface area contributed by atoms with Crippen LogP contribution < -0.4 is 4.74 Å². The largest absolute Gasteiger partial charge is 0.489 e. The minimum Gasteiger partial charge on any atom is -0.489 e. The van der Waals surface area contributed by atoms with Gasteiger partial charge in [0.25, 0.3) is 0 Å². The molecule has 0 saturated heterocycles. The molecule has 2 nitrogen and oxygen atoms in total. The molecule has 0 atom stereocenters. The van der Waals surface area contributed by atoms with Crippen LogP contribution in [0.1, 0.15) is 5.56 Å². The molecule has 68 valence electrons. The molecule has 4 heteroatoms. The van der Waals surface area contributed by atoms with Crippen LogP contribution in [0.4, 0.5) is 0 Å². The van der Waals surface area contributed by atoms with Crippen LogP contribution in [-0.4, -0.2) is 12.5 Å². The summed E-state index contributed by atoms with van der Waals surface area (Å²) in [4.78, 5) is 0. The second kappa shape index (κ2) is 4.96. The lowest BCUT2D eigenvalue weighted by atomic mass is 10.2. The van der Waals surface area contributed by atoms with E-state index in [0.29, 0.717) is 28.8 Å². The zero-order valence-electron chi connectivity index (χ0n) is 6.76. The van der Waals surface area contributed by atoms with Gasteiger partial charge in [0.15, 0.2) is 5.75 Å². The second-order valence-corrected chi connectivity index (χ2v) is 3.05. The molecule has 13 heavy (non-hydrogen) atoms. The molecule has 0 aliphatic carbocycles. The van der Waals surface area contributed by atoms with Crippen molar-refractivity contribution in [2.45, 2.75) is 0 Å². The van der Waals surface area contributed by atoms with Gasteiger partial charge >= 0.3 is 0 Å². The average molecular weight is 216 g/mol.